The molecule has 0 amide bonds. The third-order valence-electron chi connectivity index (χ3n) is 7.61. The summed E-state index contributed by atoms with van der Waals surface area (Å²) in [5.41, 5.74) is 2.52. The molecule has 3 saturated heterocycles. The SMILES string of the molecule is c1ccc(-c2csc3ncnc(N4C5CCC4CC(COCCN4CCCC4)C5)c23)cc1. The Balaban J connectivity index is 1.18. The molecule has 3 aliphatic heterocycles. The number of fused-ring (bicyclic) bond motifs is 3. The van der Waals surface area contributed by atoms with Crippen molar-refractivity contribution in [1.82, 2.24) is 14.9 Å². The van der Waals surface area contributed by atoms with Gasteiger partial charge in [-0.15, -0.1) is 11.3 Å². The lowest BCUT2D eigenvalue weighted by atomic mass is 9.91. The highest BCUT2D eigenvalue weighted by Crippen LogP contribution is 2.45. The van der Waals surface area contributed by atoms with Gasteiger partial charge in [0.05, 0.1) is 12.0 Å². The smallest absolute Gasteiger partial charge is 0.141 e. The molecule has 0 saturated carbocycles. The third-order valence-corrected chi connectivity index (χ3v) is 8.50. The van der Waals surface area contributed by atoms with Crippen molar-refractivity contribution in [2.45, 2.75) is 50.6 Å². The van der Waals surface area contributed by atoms with Crippen LogP contribution in [0.5, 0.6) is 0 Å². The molecule has 0 spiro atoms. The molecule has 5 nitrogen and oxygen atoms in total. The van der Waals surface area contributed by atoms with Crippen LogP contribution in [0.2, 0.25) is 0 Å². The van der Waals surface area contributed by atoms with Crippen LogP contribution in [0.25, 0.3) is 21.3 Å². The highest BCUT2D eigenvalue weighted by atomic mass is 32.1. The van der Waals surface area contributed by atoms with E-state index in [0.29, 0.717) is 18.0 Å². The predicted octanol–water partition coefficient (Wildman–Crippen LogP) is 5.22. The summed E-state index contributed by atoms with van der Waals surface area (Å²) in [5, 5.41) is 3.49. The average molecular weight is 449 g/mol. The molecule has 3 aromatic rings. The van der Waals surface area contributed by atoms with Gasteiger partial charge in [0.15, 0.2) is 0 Å². The first-order chi connectivity index (χ1) is 15.9. The Kier molecular flexibility index (Phi) is 5.84. The monoisotopic (exact) mass is 448 g/mol. The van der Waals surface area contributed by atoms with Crippen LogP contribution in [0.1, 0.15) is 38.5 Å². The number of ether oxygens (including phenoxy) is 1. The summed E-state index contributed by atoms with van der Waals surface area (Å²) in [6.45, 7) is 5.42. The van der Waals surface area contributed by atoms with Crippen LogP contribution in [-0.2, 0) is 4.74 Å². The number of thiophene rings is 1. The molecule has 6 heteroatoms. The lowest BCUT2D eigenvalue weighted by molar-refractivity contribution is 0.0700. The average Bonchev–Trinajstić information content (AvgIpc) is 3.56. The minimum atomic E-state index is 0.572. The maximum atomic E-state index is 6.15. The molecule has 0 aliphatic carbocycles. The molecule has 2 bridgehead atoms. The third kappa shape index (κ3) is 3.93. The summed E-state index contributed by atoms with van der Waals surface area (Å²) >= 11 is 1.73. The Hall–Kier alpha value is -2.02. The molecule has 32 heavy (non-hydrogen) atoms. The summed E-state index contributed by atoms with van der Waals surface area (Å²) in [7, 11) is 0. The summed E-state index contributed by atoms with van der Waals surface area (Å²) < 4.78 is 6.15. The molecule has 3 fully saturated rings. The lowest BCUT2D eigenvalue weighted by Crippen LogP contribution is -2.44. The Morgan fingerprint density at radius 3 is 2.56 bits per heavy atom. The number of piperidine rings is 1. The van der Waals surface area contributed by atoms with Crippen molar-refractivity contribution in [3.8, 4) is 11.1 Å². The van der Waals surface area contributed by atoms with Gasteiger partial charge < -0.3 is 14.5 Å². The first kappa shape index (κ1) is 20.6. The van der Waals surface area contributed by atoms with Gasteiger partial charge in [-0.3, -0.25) is 0 Å². The zero-order valence-electron chi connectivity index (χ0n) is 18.7. The standard InChI is InChI=1S/C26H32N4OS/c1-2-6-20(7-3-1)23-17-32-26-24(23)25(27-18-28-26)30-21-8-9-22(30)15-19(14-21)16-31-13-12-29-10-4-5-11-29/h1-3,6-7,17-19,21-22H,4-5,8-16H2. The zero-order valence-corrected chi connectivity index (χ0v) is 19.5. The maximum absolute atomic E-state index is 6.15. The molecular formula is C26H32N4OS. The number of nitrogens with zero attached hydrogens (tertiary/aromatic N) is 4. The van der Waals surface area contributed by atoms with Gasteiger partial charge in [0, 0.05) is 36.2 Å². The van der Waals surface area contributed by atoms with Crippen molar-refractivity contribution in [3.05, 3.63) is 42.0 Å². The second kappa shape index (κ2) is 9.08. The number of likely N-dealkylation sites (tertiary alicyclic amines) is 1. The van der Waals surface area contributed by atoms with Gasteiger partial charge in [-0.05, 0) is 63.1 Å². The Morgan fingerprint density at radius 1 is 1.00 bits per heavy atom. The van der Waals surface area contributed by atoms with E-state index in [4.69, 9.17) is 9.72 Å². The maximum Gasteiger partial charge on any atom is 0.141 e. The quantitative estimate of drug-likeness (QED) is 0.464. The molecule has 0 radical (unpaired) electrons. The number of aromatic nitrogens is 2. The molecule has 2 atom stereocenters. The van der Waals surface area contributed by atoms with Crippen molar-refractivity contribution in [3.63, 3.8) is 0 Å². The van der Waals surface area contributed by atoms with Gasteiger partial charge in [-0.25, -0.2) is 9.97 Å². The first-order valence-electron chi connectivity index (χ1n) is 12.2. The van der Waals surface area contributed by atoms with Crippen LogP contribution in [0, 0.1) is 5.92 Å². The summed E-state index contributed by atoms with van der Waals surface area (Å²) in [6, 6.07) is 11.8. The molecule has 2 aromatic heterocycles. The van der Waals surface area contributed by atoms with E-state index < -0.39 is 0 Å². The van der Waals surface area contributed by atoms with Crippen molar-refractivity contribution in [2.24, 2.45) is 5.92 Å². The van der Waals surface area contributed by atoms with Crippen LogP contribution in [-0.4, -0.2) is 59.8 Å². The Morgan fingerprint density at radius 2 is 1.78 bits per heavy atom. The molecular weight excluding hydrogens is 416 g/mol. The van der Waals surface area contributed by atoms with E-state index in [1.165, 1.54) is 68.1 Å². The van der Waals surface area contributed by atoms with Crippen LogP contribution >= 0.6 is 11.3 Å². The van der Waals surface area contributed by atoms with Crippen molar-refractivity contribution < 1.29 is 4.74 Å². The second-order valence-electron chi connectivity index (χ2n) is 9.65. The zero-order chi connectivity index (χ0) is 21.3. The van der Waals surface area contributed by atoms with Gasteiger partial charge in [0.1, 0.15) is 17.0 Å². The molecule has 0 N–H and O–H groups in total. The van der Waals surface area contributed by atoms with Crippen LogP contribution < -0.4 is 4.90 Å². The van der Waals surface area contributed by atoms with Crippen LogP contribution in [0.3, 0.4) is 0 Å². The molecule has 3 aliphatic rings. The van der Waals surface area contributed by atoms with E-state index in [9.17, 15) is 0 Å². The summed E-state index contributed by atoms with van der Waals surface area (Å²) in [5.74, 6) is 1.83. The minimum absolute atomic E-state index is 0.572. The normalized spacial score (nSPS) is 25.8. The summed E-state index contributed by atoms with van der Waals surface area (Å²) in [6.07, 6.45) is 9.45. The first-order valence-corrected chi connectivity index (χ1v) is 13.1. The van der Waals surface area contributed by atoms with Gasteiger partial charge in [0.25, 0.3) is 0 Å². The molecule has 168 valence electrons. The topological polar surface area (TPSA) is 41.5 Å². The molecule has 1 aromatic carbocycles. The second-order valence-corrected chi connectivity index (χ2v) is 10.5. The van der Waals surface area contributed by atoms with Gasteiger partial charge in [-0.2, -0.15) is 0 Å². The van der Waals surface area contributed by atoms with Crippen LogP contribution in [0.15, 0.2) is 42.0 Å². The highest BCUT2D eigenvalue weighted by molar-refractivity contribution is 7.17. The van der Waals surface area contributed by atoms with E-state index in [-0.39, 0.29) is 0 Å². The largest absolute Gasteiger partial charge is 0.380 e. The van der Waals surface area contributed by atoms with E-state index in [0.717, 1.165) is 30.4 Å². The van der Waals surface area contributed by atoms with Crippen molar-refractivity contribution in [2.75, 3.05) is 37.7 Å². The number of hydrogen-bond donors (Lipinski definition) is 0. The Labute approximate surface area is 194 Å². The lowest BCUT2D eigenvalue weighted by Gasteiger charge is -2.40. The number of anilines is 1. The van der Waals surface area contributed by atoms with Crippen molar-refractivity contribution >= 4 is 27.4 Å². The van der Waals surface area contributed by atoms with Gasteiger partial charge in [0.2, 0.25) is 0 Å². The van der Waals surface area contributed by atoms with Gasteiger partial charge in [-0.1, -0.05) is 30.3 Å². The number of benzene rings is 1. The van der Waals surface area contributed by atoms with E-state index >= 15 is 0 Å². The minimum Gasteiger partial charge on any atom is -0.380 e. The van der Waals surface area contributed by atoms with Crippen molar-refractivity contribution in [1.29, 1.82) is 0 Å². The predicted molar refractivity (Wildman–Crippen MR) is 131 cm³/mol. The van der Waals surface area contributed by atoms with E-state index in [1.807, 2.05) is 0 Å². The van der Waals surface area contributed by atoms with Crippen LogP contribution in [0.4, 0.5) is 5.82 Å². The molecule has 5 heterocycles. The number of rotatable bonds is 7. The molecule has 2 unspecified atom stereocenters. The van der Waals surface area contributed by atoms with E-state index in [2.05, 4.69) is 50.5 Å². The van der Waals surface area contributed by atoms with E-state index in [1.54, 1.807) is 17.7 Å². The fraction of sp³-hybridized carbons (Fsp3) is 0.538. The fourth-order valence-electron chi connectivity index (χ4n) is 6.11. The highest BCUT2D eigenvalue weighted by Gasteiger charge is 2.42. The fourth-order valence-corrected chi connectivity index (χ4v) is 7.02. The molecule has 6 rings (SSSR count). The number of hydrogen-bond acceptors (Lipinski definition) is 6. The van der Waals surface area contributed by atoms with Gasteiger partial charge >= 0.3 is 0 Å². The summed E-state index contributed by atoms with van der Waals surface area (Å²) in [4.78, 5) is 15.7. The Bertz CT molecular complexity index is 1030.